The van der Waals surface area contributed by atoms with Crippen molar-refractivity contribution >= 4 is 40.3 Å². The lowest BCUT2D eigenvalue weighted by Crippen LogP contribution is -2.42. The second-order valence-corrected chi connectivity index (χ2v) is 10.1. The minimum absolute atomic E-state index is 0.0370. The Balaban J connectivity index is 1.43. The molecule has 2 atom stereocenters. The van der Waals surface area contributed by atoms with Gasteiger partial charge in [-0.1, -0.05) is 43.8 Å². The monoisotopic (exact) mass is 464 g/mol. The topological polar surface area (TPSA) is 67.2 Å². The normalized spacial score (nSPS) is 18.5. The Hall–Kier alpha value is -2.80. The molecule has 1 aliphatic heterocycles. The molecule has 1 fully saturated rings. The van der Waals surface area contributed by atoms with Gasteiger partial charge in [-0.25, -0.2) is 4.98 Å². The van der Waals surface area contributed by atoms with Crippen LogP contribution in [-0.4, -0.2) is 45.1 Å². The summed E-state index contributed by atoms with van der Waals surface area (Å²) in [5, 5.41) is 3.84. The second kappa shape index (κ2) is 10.00. The number of hydrogen-bond acceptors (Lipinski definition) is 4. The molecule has 0 aliphatic carbocycles. The van der Waals surface area contributed by atoms with E-state index in [-0.39, 0.29) is 17.6 Å². The van der Waals surface area contributed by atoms with Crippen LogP contribution >= 0.6 is 11.8 Å². The van der Waals surface area contributed by atoms with Crippen LogP contribution in [0, 0.1) is 18.8 Å². The first-order valence-corrected chi connectivity index (χ1v) is 12.6. The van der Waals surface area contributed by atoms with Crippen LogP contribution in [-0.2, 0) is 11.3 Å². The molecular weight excluding hydrogens is 432 g/mol. The summed E-state index contributed by atoms with van der Waals surface area (Å²) in [6.45, 7) is 10.8. The predicted molar refractivity (Wildman–Crippen MR) is 135 cm³/mol. The third kappa shape index (κ3) is 5.24. The number of likely N-dealkylation sites (tertiary alicyclic amines) is 1. The highest BCUT2D eigenvalue weighted by atomic mass is 32.2. The van der Waals surface area contributed by atoms with Crippen molar-refractivity contribution in [2.75, 3.05) is 24.2 Å². The van der Waals surface area contributed by atoms with Crippen LogP contribution < -0.4 is 5.32 Å². The van der Waals surface area contributed by atoms with Crippen molar-refractivity contribution in [3.05, 3.63) is 53.6 Å². The number of anilines is 1. The van der Waals surface area contributed by atoms with Gasteiger partial charge in [0.1, 0.15) is 0 Å². The highest BCUT2D eigenvalue weighted by molar-refractivity contribution is 7.99. The third-order valence-electron chi connectivity index (χ3n) is 6.18. The fourth-order valence-electron chi connectivity index (χ4n) is 4.69. The zero-order valence-corrected chi connectivity index (χ0v) is 20.6. The van der Waals surface area contributed by atoms with Gasteiger partial charge in [0.2, 0.25) is 5.91 Å². The van der Waals surface area contributed by atoms with Crippen LogP contribution in [0.5, 0.6) is 0 Å². The SMILES string of the molecule is CCn1c(SCC(=O)Nc2cc(C(=O)N3CC(C)CC(C)C3)ccc2C)nc2ccccc21. The maximum atomic E-state index is 13.1. The van der Waals surface area contributed by atoms with Crippen LogP contribution in [0.1, 0.15) is 43.1 Å². The summed E-state index contributed by atoms with van der Waals surface area (Å²) in [6, 6.07) is 13.6. The summed E-state index contributed by atoms with van der Waals surface area (Å²) in [5.74, 6) is 1.19. The zero-order valence-electron chi connectivity index (χ0n) is 19.8. The minimum atomic E-state index is -0.109. The number of para-hydroxylation sites is 2. The minimum Gasteiger partial charge on any atom is -0.338 e. The van der Waals surface area contributed by atoms with Gasteiger partial charge in [-0.2, -0.15) is 0 Å². The molecular formula is C26H32N4O2S. The maximum absolute atomic E-state index is 13.1. The number of carbonyl (C=O) groups excluding carboxylic acids is 2. The van der Waals surface area contributed by atoms with Crippen LogP contribution in [0.3, 0.4) is 0 Å². The summed E-state index contributed by atoms with van der Waals surface area (Å²) < 4.78 is 2.12. The molecule has 33 heavy (non-hydrogen) atoms. The summed E-state index contributed by atoms with van der Waals surface area (Å²) in [5.41, 5.74) is 4.26. The number of piperidine rings is 1. The Bertz CT molecular complexity index is 1160. The number of hydrogen-bond donors (Lipinski definition) is 1. The number of amides is 2. The van der Waals surface area contributed by atoms with E-state index < -0.39 is 0 Å². The smallest absolute Gasteiger partial charge is 0.253 e. The average Bonchev–Trinajstić information content (AvgIpc) is 3.15. The summed E-state index contributed by atoms with van der Waals surface area (Å²) in [4.78, 5) is 32.5. The summed E-state index contributed by atoms with van der Waals surface area (Å²) in [7, 11) is 0. The average molecular weight is 465 g/mol. The molecule has 2 aromatic carbocycles. The molecule has 0 spiro atoms. The van der Waals surface area contributed by atoms with Gasteiger partial charge in [-0.05, 0) is 61.9 Å². The van der Waals surface area contributed by atoms with Gasteiger partial charge in [0.15, 0.2) is 5.16 Å². The molecule has 1 N–H and O–H groups in total. The van der Waals surface area contributed by atoms with Gasteiger partial charge >= 0.3 is 0 Å². The number of carbonyl (C=O) groups is 2. The molecule has 1 aliphatic rings. The van der Waals surface area contributed by atoms with E-state index in [9.17, 15) is 9.59 Å². The number of fused-ring (bicyclic) bond motifs is 1. The quantitative estimate of drug-likeness (QED) is 0.508. The van der Waals surface area contributed by atoms with Crippen molar-refractivity contribution in [2.24, 2.45) is 11.8 Å². The number of imidazole rings is 1. The number of thioether (sulfide) groups is 1. The van der Waals surface area contributed by atoms with E-state index in [4.69, 9.17) is 0 Å². The molecule has 1 aromatic heterocycles. The van der Waals surface area contributed by atoms with Gasteiger partial charge < -0.3 is 14.8 Å². The molecule has 3 aromatic rings. The molecule has 174 valence electrons. The Labute approximate surface area is 199 Å². The molecule has 4 rings (SSSR count). The van der Waals surface area contributed by atoms with Gasteiger partial charge in [-0.15, -0.1) is 0 Å². The molecule has 2 amide bonds. The molecule has 2 heterocycles. The largest absolute Gasteiger partial charge is 0.338 e. The number of rotatable bonds is 6. The lowest BCUT2D eigenvalue weighted by molar-refractivity contribution is -0.113. The lowest BCUT2D eigenvalue weighted by atomic mass is 9.91. The van der Waals surface area contributed by atoms with Gasteiger partial charge in [0.25, 0.3) is 5.91 Å². The van der Waals surface area contributed by atoms with E-state index >= 15 is 0 Å². The molecule has 0 saturated carbocycles. The number of benzene rings is 2. The third-order valence-corrected chi connectivity index (χ3v) is 7.16. The molecule has 0 radical (unpaired) electrons. The maximum Gasteiger partial charge on any atom is 0.253 e. The Morgan fingerprint density at radius 2 is 1.85 bits per heavy atom. The highest BCUT2D eigenvalue weighted by Crippen LogP contribution is 2.26. The van der Waals surface area contributed by atoms with E-state index in [1.165, 1.54) is 11.8 Å². The summed E-state index contributed by atoms with van der Waals surface area (Å²) in [6.07, 6.45) is 1.16. The Morgan fingerprint density at radius 1 is 1.12 bits per heavy atom. The number of nitrogens with zero attached hydrogens (tertiary/aromatic N) is 3. The Kier molecular flexibility index (Phi) is 7.08. The van der Waals surface area contributed by atoms with E-state index in [0.29, 0.717) is 23.1 Å². The fourth-order valence-corrected chi connectivity index (χ4v) is 5.57. The zero-order chi connectivity index (χ0) is 23.5. The lowest BCUT2D eigenvalue weighted by Gasteiger charge is -2.35. The van der Waals surface area contributed by atoms with E-state index in [0.717, 1.165) is 47.8 Å². The number of nitrogens with one attached hydrogen (secondary N) is 1. The molecule has 6 nitrogen and oxygen atoms in total. The molecule has 0 bridgehead atoms. The van der Waals surface area contributed by atoms with Crippen molar-refractivity contribution in [2.45, 2.75) is 45.8 Å². The molecule has 1 saturated heterocycles. The number of aryl methyl sites for hydroxylation is 2. The standard InChI is InChI=1S/C26H32N4O2S/c1-5-30-23-9-7-6-8-21(23)28-26(30)33-16-24(31)27-22-13-20(11-10-19(22)4)25(32)29-14-17(2)12-18(3)15-29/h6-11,13,17-18H,5,12,14-16H2,1-4H3,(H,27,31). The van der Waals surface area contributed by atoms with Gasteiger partial charge in [-0.3, -0.25) is 9.59 Å². The van der Waals surface area contributed by atoms with Crippen LogP contribution in [0.2, 0.25) is 0 Å². The van der Waals surface area contributed by atoms with Crippen LogP contribution in [0.4, 0.5) is 5.69 Å². The first kappa shape index (κ1) is 23.4. The van der Waals surface area contributed by atoms with Crippen molar-refractivity contribution < 1.29 is 9.59 Å². The first-order valence-electron chi connectivity index (χ1n) is 11.6. The molecule has 2 unspecified atom stereocenters. The Morgan fingerprint density at radius 3 is 2.58 bits per heavy atom. The molecule has 7 heteroatoms. The van der Waals surface area contributed by atoms with Crippen LogP contribution in [0.15, 0.2) is 47.6 Å². The fraction of sp³-hybridized carbons (Fsp3) is 0.423. The predicted octanol–water partition coefficient (Wildman–Crippen LogP) is 5.21. The number of aromatic nitrogens is 2. The summed E-state index contributed by atoms with van der Waals surface area (Å²) >= 11 is 1.43. The highest BCUT2D eigenvalue weighted by Gasteiger charge is 2.26. The van der Waals surface area contributed by atoms with E-state index in [1.54, 1.807) is 0 Å². The van der Waals surface area contributed by atoms with Crippen molar-refractivity contribution in [1.82, 2.24) is 14.5 Å². The van der Waals surface area contributed by atoms with E-state index in [1.807, 2.05) is 54.3 Å². The first-order chi connectivity index (χ1) is 15.9. The second-order valence-electron chi connectivity index (χ2n) is 9.15. The van der Waals surface area contributed by atoms with Crippen molar-refractivity contribution in [3.63, 3.8) is 0 Å². The van der Waals surface area contributed by atoms with Crippen molar-refractivity contribution in [1.29, 1.82) is 0 Å². The van der Waals surface area contributed by atoms with Crippen LogP contribution in [0.25, 0.3) is 11.0 Å². The van der Waals surface area contributed by atoms with Crippen molar-refractivity contribution in [3.8, 4) is 0 Å². The van der Waals surface area contributed by atoms with E-state index in [2.05, 4.69) is 35.6 Å². The van der Waals surface area contributed by atoms with Gasteiger partial charge in [0, 0.05) is 30.9 Å². The van der Waals surface area contributed by atoms with Gasteiger partial charge in [0.05, 0.1) is 16.8 Å².